The molecule has 0 aliphatic heterocycles. The van der Waals surface area contributed by atoms with Gasteiger partial charge in [0.2, 0.25) is 0 Å². The fourth-order valence-electron chi connectivity index (χ4n) is 0.623. The molecule has 0 unspecified atom stereocenters. The van der Waals surface area contributed by atoms with Crippen LogP contribution in [0.25, 0.3) is 0 Å². The Kier molecular flexibility index (Phi) is 6.12. The summed E-state index contributed by atoms with van der Waals surface area (Å²) in [6, 6.07) is 0. The first-order valence-electron chi connectivity index (χ1n) is 4.41. The van der Waals surface area contributed by atoms with Gasteiger partial charge in [-0.15, -0.1) is 0 Å². The third-order valence-corrected chi connectivity index (χ3v) is 1.39. The lowest BCUT2D eigenvalue weighted by Crippen LogP contribution is -2.09. The first-order valence-corrected chi connectivity index (χ1v) is 4.41. The summed E-state index contributed by atoms with van der Waals surface area (Å²) in [4.78, 5) is 29.5. The number of rotatable bonds is 7. The first-order chi connectivity index (χ1) is 6.93. The van der Waals surface area contributed by atoms with Crippen LogP contribution in [0.15, 0.2) is 11.8 Å². The zero-order chi connectivity index (χ0) is 11.8. The van der Waals surface area contributed by atoms with Crippen LogP contribution < -0.4 is 0 Å². The lowest BCUT2D eigenvalue weighted by Gasteiger charge is -2.06. The van der Waals surface area contributed by atoms with Crippen molar-refractivity contribution in [3.8, 4) is 0 Å². The van der Waals surface area contributed by atoms with E-state index >= 15 is 0 Å². The Morgan fingerprint density at radius 3 is 2.33 bits per heavy atom. The maximum atomic E-state index is 10.4. The van der Waals surface area contributed by atoms with Gasteiger partial charge < -0.3 is 15.1 Å². The van der Waals surface area contributed by atoms with Gasteiger partial charge >= 0.3 is 11.9 Å². The second-order valence-corrected chi connectivity index (χ2v) is 3.24. The van der Waals surface area contributed by atoms with Crippen LogP contribution in [0.2, 0.25) is 0 Å². The lowest BCUT2D eigenvalue weighted by molar-refractivity contribution is -0.264. The van der Waals surface area contributed by atoms with Crippen LogP contribution >= 0.6 is 0 Å². The molecule has 0 rings (SSSR count). The van der Waals surface area contributed by atoms with Crippen LogP contribution in [-0.4, -0.2) is 28.8 Å². The molecule has 6 nitrogen and oxygen atoms in total. The molecule has 0 aromatic heterocycles. The van der Waals surface area contributed by atoms with Gasteiger partial charge in [-0.3, -0.25) is 0 Å². The van der Waals surface area contributed by atoms with Crippen molar-refractivity contribution in [2.75, 3.05) is 6.61 Å². The van der Waals surface area contributed by atoms with E-state index < -0.39 is 17.7 Å². The minimum atomic E-state index is -1.48. The summed E-state index contributed by atoms with van der Waals surface area (Å²) in [5.41, 5.74) is 0. The van der Waals surface area contributed by atoms with E-state index in [2.05, 4.69) is 9.78 Å². The average molecular weight is 218 g/mol. The highest BCUT2D eigenvalue weighted by Gasteiger charge is 2.12. The summed E-state index contributed by atoms with van der Waals surface area (Å²) < 4.78 is 0. The molecule has 0 spiro atoms. The summed E-state index contributed by atoms with van der Waals surface area (Å²) in [6.45, 7) is 4.14. The maximum Gasteiger partial charge on any atom is 0.375 e. The molecule has 0 atom stereocenters. The van der Waals surface area contributed by atoms with Crippen molar-refractivity contribution in [3.63, 3.8) is 0 Å². The molecule has 0 bridgehead atoms. The minimum absolute atomic E-state index is 0.210. The highest BCUT2D eigenvalue weighted by molar-refractivity contribution is 5.92. The van der Waals surface area contributed by atoms with Crippen LogP contribution in [0.4, 0.5) is 0 Å². The number of hydrogen-bond donors (Lipinski definition) is 2. The maximum absolute atomic E-state index is 10.4. The third kappa shape index (κ3) is 7.51. The van der Waals surface area contributed by atoms with Crippen molar-refractivity contribution in [2.24, 2.45) is 5.92 Å². The van der Waals surface area contributed by atoms with Crippen molar-refractivity contribution in [2.45, 2.75) is 20.3 Å². The van der Waals surface area contributed by atoms with Gasteiger partial charge in [0.15, 0.2) is 0 Å². The SMILES string of the molecule is CC(C)CCOOC(=CC(=O)O)C(=O)O. The second kappa shape index (κ2) is 6.83. The number of aliphatic carboxylic acids is 2. The van der Waals surface area contributed by atoms with Crippen molar-refractivity contribution >= 4 is 11.9 Å². The topological polar surface area (TPSA) is 93.1 Å². The first kappa shape index (κ1) is 13.4. The predicted molar refractivity (Wildman–Crippen MR) is 49.8 cm³/mol. The normalized spacial score (nSPS) is 11.5. The Morgan fingerprint density at radius 2 is 1.93 bits per heavy atom. The molecule has 15 heavy (non-hydrogen) atoms. The van der Waals surface area contributed by atoms with Gasteiger partial charge in [0.1, 0.15) is 0 Å². The standard InChI is InChI=1S/C9H14O6/c1-6(2)3-4-14-15-7(9(12)13)5-8(10)11/h5-6H,3-4H2,1-2H3,(H,10,11)(H,12,13). The fourth-order valence-corrected chi connectivity index (χ4v) is 0.623. The van der Waals surface area contributed by atoms with Gasteiger partial charge in [0, 0.05) is 0 Å². The zero-order valence-corrected chi connectivity index (χ0v) is 8.60. The molecule has 86 valence electrons. The summed E-state index contributed by atoms with van der Waals surface area (Å²) >= 11 is 0. The van der Waals surface area contributed by atoms with Gasteiger partial charge in [-0.25, -0.2) is 9.59 Å². The van der Waals surface area contributed by atoms with E-state index in [0.29, 0.717) is 18.4 Å². The van der Waals surface area contributed by atoms with E-state index in [1.165, 1.54) is 0 Å². The molecule has 0 radical (unpaired) electrons. The Labute approximate surface area is 87.0 Å². The smallest absolute Gasteiger partial charge is 0.375 e. The zero-order valence-electron chi connectivity index (χ0n) is 8.60. The van der Waals surface area contributed by atoms with Crippen molar-refractivity contribution in [1.82, 2.24) is 0 Å². The summed E-state index contributed by atoms with van der Waals surface area (Å²) in [7, 11) is 0. The molecule has 2 N–H and O–H groups in total. The Hall–Kier alpha value is -1.56. The molecule has 0 heterocycles. The Bertz CT molecular complexity index is 255. The van der Waals surface area contributed by atoms with E-state index in [4.69, 9.17) is 10.2 Å². The molecule has 0 aromatic rings. The molecular formula is C9H14O6. The molecule has 0 amide bonds. The van der Waals surface area contributed by atoms with Crippen molar-refractivity contribution in [3.05, 3.63) is 11.8 Å². The highest BCUT2D eigenvalue weighted by atomic mass is 17.2. The molecule has 0 aromatic carbocycles. The molecule has 0 saturated carbocycles. The van der Waals surface area contributed by atoms with Crippen LogP contribution in [0.3, 0.4) is 0 Å². The lowest BCUT2D eigenvalue weighted by atomic mass is 10.1. The van der Waals surface area contributed by atoms with Crippen LogP contribution in [0, 0.1) is 5.92 Å². The second-order valence-electron chi connectivity index (χ2n) is 3.24. The van der Waals surface area contributed by atoms with E-state index in [1.54, 1.807) is 0 Å². The molecule has 0 aliphatic rings. The summed E-state index contributed by atoms with van der Waals surface area (Å²) in [6.07, 6.45) is 1.12. The Morgan fingerprint density at radius 1 is 1.33 bits per heavy atom. The predicted octanol–water partition coefficient (Wildman–Crippen LogP) is 1.03. The van der Waals surface area contributed by atoms with Crippen LogP contribution in [0.5, 0.6) is 0 Å². The average Bonchev–Trinajstić information content (AvgIpc) is 2.08. The van der Waals surface area contributed by atoms with E-state index in [1.807, 2.05) is 13.8 Å². The number of carboxylic acids is 2. The van der Waals surface area contributed by atoms with Crippen LogP contribution in [-0.2, 0) is 19.4 Å². The summed E-state index contributed by atoms with van der Waals surface area (Å²) in [5, 5.41) is 16.8. The molecule has 6 heteroatoms. The quantitative estimate of drug-likeness (QED) is 0.218. The molecular weight excluding hydrogens is 204 g/mol. The van der Waals surface area contributed by atoms with E-state index in [-0.39, 0.29) is 6.61 Å². The van der Waals surface area contributed by atoms with Gasteiger partial charge in [0.25, 0.3) is 5.76 Å². The molecule has 0 saturated heterocycles. The van der Waals surface area contributed by atoms with Crippen molar-refractivity contribution in [1.29, 1.82) is 0 Å². The van der Waals surface area contributed by atoms with Crippen molar-refractivity contribution < 1.29 is 29.6 Å². The number of hydrogen-bond acceptors (Lipinski definition) is 4. The largest absolute Gasteiger partial charge is 0.478 e. The number of carbonyl (C=O) groups is 2. The minimum Gasteiger partial charge on any atom is -0.478 e. The Balaban J connectivity index is 3.99. The highest BCUT2D eigenvalue weighted by Crippen LogP contribution is 2.03. The fraction of sp³-hybridized carbons (Fsp3) is 0.556. The summed E-state index contributed by atoms with van der Waals surface area (Å²) in [5.74, 6) is -3.24. The van der Waals surface area contributed by atoms with Gasteiger partial charge in [-0.2, -0.15) is 4.89 Å². The van der Waals surface area contributed by atoms with Gasteiger partial charge in [-0.1, -0.05) is 13.8 Å². The van der Waals surface area contributed by atoms with Gasteiger partial charge in [0.05, 0.1) is 12.7 Å². The molecule has 0 fully saturated rings. The van der Waals surface area contributed by atoms with E-state index in [0.717, 1.165) is 0 Å². The number of carboxylic acid groups (broad SMARTS) is 2. The third-order valence-electron chi connectivity index (χ3n) is 1.39. The van der Waals surface area contributed by atoms with E-state index in [9.17, 15) is 9.59 Å². The monoisotopic (exact) mass is 218 g/mol. The van der Waals surface area contributed by atoms with Gasteiger partial charge in [-0.05, 0) is 12.3 Å². The molecule has 0 aliphatic carbocycles. The van der Waals surface area contributed by atoms with Crippen LogP contribution in [0.1, 0.15) is 20.3 Å².